The zero-order valence-electron chi connectivity index (χ0n) is 18.0. The zero-order valence-corrected chi connectivity index (χ0v) is 18.8. The van der Waals surface area contributed by atoms with E-state index in [0.29, 0.717) is 32.9 Å². The highest BCUT2D eigenvalue weighted by Crippen LogP contribution is 2.18. The van der Waals surface area contributed by atoms with Crippen LogP contribution in [-0.4, -0.2) is 69.4 Å². The molecule has 0 saturated carbocycles. The zero-order chi connectivity index (χ0) is 22.4. The monoisotopic (exact) mass is 448 g/mol. The van der Waals surface area contributed by atoms with E-state index in [0.717, 1.165) is 23.5 Å². The first-order valence-corrected chi connectivity index (χ1v) is 11.5. The fourth-order valence-electron chi connectivity index (χ4n) is 3.44. The van der Waals surface area contributed by atoms with Crippen LogP contribution in [-0.2, 0) is 26.0 Å². The minimum absolute atomic E-state index is 0.0766. The number of nitrogens with one attached hydrogen (secondary N) is 1. The Balaban J connectivity index is 1.70. The first-order valence-electron chi connectivity index (χ1n) is 10.0. The van der Waals surface area contributed by atoms with Crippen LogP contribution in [0, 0.1) is 13.8 Å². The Morgan fingerprint density at radius 1 is 1.26 bits per heavy atom. The van der Waals surface area contributed by atoms with Gasteiger partial charge < -0.3 is 14.0 Å². The van der Waals surface area contributed by atoms with Crippen molar-refractivity contribution in [3.05, 3.63) is 52.8 Å². The lowest BCUT2D eigenvalue weighted by atomic mass is 10.2. The highest BCUT2D eigenvalue weighted by Gasteiger charge is 2.26. The number of aromatic nitrogens is 1. The molecule has 168 valence electrons. The van der Waals surface area contributed by atoms with Crippen molar-refractivity contribution in [3.63, 3.8) is 0 Å². The quantitative estimate of drug-likeness (QED) is 0.488. The van der Waals surface area contributed by atoms with Gasteiger partial charge in [0.15, 0.2) is 0 Å². The molecule has 31 heavy (non-hydrogen) atoms. The summed E-state index contributed by atoms with van der Waals surface area (Å²) in [5.74, 6) is -0.483. The average molecular weight is 449 g/mol. The summed E-state index contributed by atoms with van der Waals surface area (Å²) in [4.78, 5) is 12.6. The van der Waals surface area contributed by atoms with Gasteiger partial charge in [0.25, 0.3) is 5.91 Å². The van der Waals surface area contributed by atoms with Crippen LogP contribution < -0.4 is 5.43 Å². The molecule has 1 fully saturated rings. The van der Waals surface area contributed by atoms with Gasteiger partial charge in [-0.2, -0.15) is 9.41 Å². The molecule has 1 amide bonds. The summed E-state index contributed by atoms with van der Waals surface area (Å²) >= 11 is 0. The molecule has 10 heteroatoms. The third kappa shape index (κ3) is 5.40. The van der Waals surface area contributed by atoms with E-state index in [2.05, 4.69) is 15.1 Å². The fraction of sp³-hybridized carbons (Fsp3) is 0.429. The number of hydrogen-bond acceptors (Lipinski definition) is 6. The van der Waals surface area contributed by atoms with Gasteiger partial charge in [-0.25, -0.2) is 13.8 Å². The summed E-state index contributed by atoms with van der Waals surface area (Å²) in [6.45, 7) is 6.63. The van der Waals surface area contributed by atoms with Crippen molar-refractivity contribution in [2.45, 2.75) is 25.3 Å². The van der Waals surface area contributed by atoms with Gasteiger partial charge >= 0.3 is 0 Å². The van der Waals surface area contributed by atoms with Crippen molar-refractivity contribution in [3.8, 4) is 0 Å². The lowest BCUT2D eigenvalue weighted by Crippen LogP contribution is -2.40. The number of nitrogens with zero attached hydrogens (tertiary/aromatic N) is 3. The molecule has 1 N–H and O–H groups in total. The Labute approximate surface area is 182 Å². The lowest BCUT2D eigenvalue weighted by molar-refractivity contribution is 0.0730. The lowest BCUT2D eigenvalue weighted by Gasteiger charge is -2.26. The number of aryl methyl sites for hydroxylation is 1. The molecule has 9 nitrogen and oxygen atoms in total. The van der Waals surface area contributed by atoms with Crippen molar-refractivity contribution in [1.82, 2.24) is 14.3 Å². The van der Waals surface area contributed by atoms with Crippen molar-refractivity contribution < 1.29 is 22.7 Å². The van der Waals surface area contributed by atoms with E-state index in [4.69, 9.17) is 9.47 Å². The first-order chi connectivity index (χ1) is 14.8. The van der Waals surface area contributed by atoms with E-state index in [1.54, 1.807) is 25.5 Å². The van der Waals surface area contributed by atoms with Crippen LogP contribution in [0.25, 0.3) is 0 Å². The third-order valence-electron chi connectivity index (χ3n) is 5.21. The van der Waals surface area contributed by atoms with Gasteiger partial charge in [-0.15, -0.1) is 0 Å². The number of hydrazone groups is 1. The summed E-state index contributed by atoms with van der Waals surface area (Å²) in [6, 6.07) is 7.94. The minimum Gasteiger partial charge on any atom is -0.383 e. The summed E-state index contributed by atoms with van der Waals surface area (Å²) in [6.07, 6.45) is 1.58. The molecule has 0 unspecified atom stereocenters. The predicted octanol–water partition coefficient (Wildman–Crippen LogP) is 1.54. The van der Waals surface area contributed by atoms with Gasteiger partial charge in [0.05, 0.1) is 30.9 Å². The highest BCUT2D eigenvalue weighted by molar-refractivity contribution is 7.89. The Morgan fingerprint density at radius 2 is 2.00 bits per heavy atom. The number of morpholine rings is 1. The Bertz CT molecular complexity index is 1060. The van der Waals surface area contributed by atoms with E-state index in [-0.39, 0.29) is 10.5 Å². The molecular weight excluding hydrogens is 420 g/mol. The van der Waals surface area contributed by atoms with Crippen LogP contribution in [0.1, 0.15) is 27.3 Å². The largest absolute Gasteiger partial charge is 0.383 e. The van der Waals surface area contributed by atoms with Crippen molar-refractivity contribution in [2.75, 3.05) is 40.0 Å². The fourth-order valence-corrected chi connectivity index (χ4v) is 4.90. The number of ether oxygens (including phenoxy) is 2. The SMILES string of the molecule is COCCn1c(C)cc(/C=N/NC(=O)c2cccc(S(=O)(=O)N3CCOCC3)c2)c1C. The molecule has 2 aromatic rings. The van der Waals surface area contributed by atoms with E-state index in [1.165, 1.54) is 16.4 Å². The second-order valence-corrected chi connectivity index (χ2v) is 9.15. The number of carbonyl (C=O) groups is 1. The maximum Gasteiger partial charge on any atom is 0.271 e. The average Bonchev–Trinajstić information content (AvgIpc) is 3.05. The molecule has 2 heterocycles. The second kappa shape index (κ2) is 10.2. The first kappa shape index (κ1) is 23.1. The number of rotatable bonds is 8. The van der Waals surface area contributed by atoms with Crippen LogP contribution in [0.5, 0.6) is 0 Å². The number of carbonyl (C=O) groups excluding carboxylic acids is 1. The van der Waals surface area contributed by atoms with Gasteiger partial charge in [-0.1, -0.05) is 6.07 Å². The van der Waals surface area contributed by atoms with E-state index < -0.39 is 15.9 Å². The van der Waals surface area contributed by atoms with E-state index >= 15 is 0 Å². The minimum atomic E-state index is -3.67. The Kier molecular flexibility index (Phi) is 7.60. The highest BCUT2D eigenvalue weighted by atomic mass is 32.2. The molecule has 0 radical (unpaired) electrons. The van der Waals surface area contributed by atoms with E-state index in [1.807, 2.05) is 19.9 Å². The van der Waals surface area contributed by atoms with Gasteiger partial charge in [0.1, 0.15) is 0 Å². The molecule has 1 aromatic heterocycles. The summed E-state index contributed by atoms with van der Waals surface area (Å²) < 4.78 is 39.4. The molecule has 3 rings (SSSR count). The van der Waals surface area contributed by atoms with Crippen LogP contribution in [0.3, 0.4) is 0 Å². The molecule has 0 aliphatic carbocycles. The molecule has 1 saturated heterocycles. The molecule has 1 aromatic carbocycles. The molecule has 0 spiro atoms. The van der Waals surface area contributed by atoms with Gasteiger partial charge in [-0.05, 0) is 38.1 Å². The van der Waals surface area contributed by atoms with Crippen molar-refractivity contribution in [2.24, 2.45) is 5.10 Å². The van der Waals surface area contributed by atoms with Gasteiger partial charge in [0, 0.05) is 49.3 Å². The maximum absolute atomic E-state index is 12.8. The smallest absolute Gasteiger partial charge is 0.271 e. The molecular formula is C21H28N4O5S. The maximum atomic E-state index is 12.8. The van der Waals surface area contributed by atoms with Crippen LogP contribution >= 0.6 is 0 Å². The summed E-state index contributed by atoms with van der Waals surface area (Å²) in [7, 11) is -2.02. The molecule has 0 bridgehead atoms. The molecule has 0 atom stereocenters. The Hall–Kier alpha value is -2.53. The Morgan fingerprint density at radius 3 is 2.71 bits per heavy atom. The van der Waals surface area contributed by atoms with Gasteiger partial charge in [-0.3, -0.25) is 4.79 Å². The number of benzene rings is 1. The number of amides is 1. The standard InChI is InChI=1S/C21H28N4O5S/c1-16-13-19(17(2)25(16)9-10-29-3)15-22-23-21(26)18-5-4-6-20(14-18)31(27,28)24-7-11-30-12-8-24/h4-6,13-15H,7-12H2,1-3H3,(H,23,26)/b22-15+. The van der Waals surface area contributed by atoms with Crippen LogP contribution in [0.4, 0.5) is 0 Å². The summed E-state index contributed by atoms with van der Waals surface area (Å²) in [5.41, 5.74) is 5.67. The van der Waals surface area contributed by atoms with Crippen LogP contribution in [0.2, 0.25) is 0 Å². The number of methoxy groups -OCH3 is 1. The van der Waals surface area contributed by atoms with E-state index in [9.17, 15) is 13.2 Å². The normalized spacial score (nSPS) is 15.5. The topological polar surface area (TPSA) is 102 Å². The van der Waals surface area contributed by atoms with Crippen molar-refractivity contribution >= 4 is 22.1 Å². The number of sulfonamides is 1. The summed E-state index contributed by atoms with van der Waals surface area (Å²) in [5, 5.41) is 4.05. The second-order valence-electron chi connectivity index (χ2n) is 7.21. The predicted molar refractivity (Wildman–Crippen MR) is 117 cm³/mol. The van der Waals surface area contributed by atoms with Gasteiger partial charge in [0.2, 0.25) is 10.0 Å². The molecule has 1 aliphatic rings. The van der Waals surface area contributed by atoms with Crippen LogP contribution in [0.15, 0.2) is 40.3 Å². The third-order valence-corrected chi connectivity index (χ3v) is 7.10. The molecule has 1 aliphatic heterocycles. The van der Waals surface area contributed by atoms with Crippen molar-refractivity contribution in [1.29, 1.82) is 0 Å². The number of hydrogen-bond donors (Lipinski definition) is 1.